The second-order valence-corrected chi connectivity index (χ2v) is 7.76. The highest BCUT2D eigenvalue weighted by Gasteiger charge is 2.15. The Labute approximate surface area is 203 Å². The Balaban J connectivity index is 1.81. The highest BCUT2D eigenvalue weighted by Crippen LogP contribution is 2.38. The molecule has 3 aromatic rings. The molecule has 5 nitrogen and oxygen atoms in total. The van der Waals surface area contributed by atoms with Crippen LogP contribution in [-0.2, 0) is 17.8 Å². The van der Waals surface area contributed by atoms with Crippen LogP contribution >= 0.6 is 11.6 Å². The summed E-state index contributed by atoms with van der Waals surface area (Å²) < 4.78 is 24.6. The van der Waals surface area contributed by atoms with Gasteiger partial charge in [-0.2, -0.15) is 5.26 Å². The molecule has 174 valence electrons. The molecule has 0 saturated carbocycles. The fourth-order valence-electron chi connectivity index (χ4n) is 3.15. The van der Waals surface area contributed by atoms with Crippen LogP contribution in [0.1, 0.15) is 30.5 Å². The normalized spacial score (nSPS) is 11.0. The number of carbonyl (C=O) groups excluding carboxylic acids is 1. The van der Waals surface area contributed by atoms with E-state index in [2.05, 4.69) is 5.32 Å². The molecule has 0 atom stereocenters. The van der Waals surface area contributed by atoms with Gasteiger partial charge in [0.15, 0.2) is 11.5 Å². The van der Waals surface area contributed by atoms with Crippen molar-refractivity contribution in [2.75, 3.05) is 11.9 Å². The van der Waals surface area contributed by atoms with Gasteiger partial charge in [0.2, 0.25) is 0 Å². The smallest absolute Gasteiger partial charge is 0.266 e. The van der Waals surface area contributed by atoms with Crippen LogP contribution in [-0.4, -0.2) is 12.5 Å². The van der Waals surface area contributed by atoms with E-state index in [1.165, 1.54) is 18.2 Å². The van der Waals surface area contributed by atoms with Gasteiger partial charge >= 0.3 is 0 Å². The highest BCUT2D eigenvalue weighted by molar-refractivity contribution is 6.32. The lowest BCUT2D eigenvalue weighted by atomic mass is 10.1. The second kappa shape index (κ2) is 11.9. The van der Waals surface area contributed by atoms with Gasteiger partial charge in [-0.1, -0.05) is 42.8 Å². The van der Waals surface area contributed by atoms with E-state index in [0.717, 1.165) is 17.5 Å². The number of benzene rings is 3. The molecule has 34 heavy (non-hydrogen) atoms. The number of nitrogens with zero attached hydrogens (tertiary/aromatic N) is 1. The minimum absolute atomic E-state index is 0.0851. The van der Waals surface area contributed by atoms with Gasteiger partial charge in [0, 0.05) is 5.69 Å². The van der Waals surface area contributed by atoms with Crippen LogP contribution in [0.4, 0.5) is 10.1 Å². The minimum Gasteiger partial charge on any atom is -0.490 e. The third-order valence-electron chi connectivity index (χ3n) is 4.92. The Kier molecular flexibility index (Phi) is 8.66. The first-order valence-corrected chi connectivity index (χ1v) is 11.2. The lowest BCUT2D eigenvalue weighted by Gasteiger charge is -2.15. The first-order valence-electron chi connectivity index (χ1n) is 10.8. The quantitative estimate of drug-likeness (QED) is 0.279. The summed E-state index contributed by atoms with van der Waals surface area (Å²) >= 11 is 6.45. The van der Waals surface area contributed by atoms with E-state index in [4.69, 9.17) is 21.1 Å². The van der Waals surface area contributed by atoms with Crippen molar-refractivity contribution in [3.05, 3.63) is 93.8 Å². The molecule has 0 aliphatic heterocycles. The predicted molar refractivity (Wildman–Crippen MR) is 131 cm³/mol. The number of carbonyl (C=O) groups is 1. The van der Waals surface area contributed by atoms with Crippen LogP contribution in [0, 0.1) is 17.1 Å². The standard InChI is InChI=1S/C27H24ClFN2O3/c1-3-18-7-11-23(12-8-18)31-27(32)21(16-30)13-20-14-24(28)26(25(15-20)33-4-2)34-17-19-5-9-22(29)10-6-19/h5-15H,3-4,17H2,1-2H3,(H,31,32)/b21-13+. The molecule has 0 fully saturated rings. The van der Waals surface area contributed by atoms with E-state index >= 15 is 0 Å². The number of aryl methyl sites for hydroxylation is 1. The molecule has 0 aromatic heterocycles. The van der Waals surface area contributed by atoms with Crippen LogP contribution in [0.5, 0.6) is 11.5 Å². The van der Waals surface area contributed by atoms with Gasteiger partial charge in [-0.05, 0) is 72.5 Å². The summed E-state index contributed by atoms with van der Waals surface area (Å²) in [7, 11) is 0. The molecule has 0 saturated heterocycles. The Bertz CT molecular complexity index is 1220. The van der Waals surface area contributed by atoms with Crippen LogP contribution in [0.2, 0.25) is 5.02 Å². The van der Waals surface area contributed by atoms with E-state index < -0.39 is 5.91 Å². The van der Waals surface area contributed by atoms with Crippen LogP contribution in [0.15, 0.2) is 66.2 Å². The van der Waals surface area contributed by atoms with Crippen molar-refractivity contribution in [2.45, 2.75) is 26.9 Å². The molecule has 0 aliphatic carbocycles. The van der Waals surface area contributed by atoms with Crippen LogP contribution < -0.4 is 14.8 Å². The number of amides is 1. The van der Waals surface area contributed by atoms with Crippen LogP contribution in [0.25, 0.3) is 6.08 Å². The summed E-state index contributed by atoms with van der Waals surface area (Å²) in [4.78, 5) is 12.6. The fraction of sp³-hybridized carbons (Fsp3) is 0.185. The number of hydrogen-bond acceptors (Lipinski definition) is 4. The topological polar surface area (TPSA) is 71.3 Å². The number of halogens is 2. The van der Waals surface area contributed by atoms with Gasteiger partial charge < -0.3 is 14.8 Å². The van der Waals surface area contributed by atoms with Crippen molar-refractivity contribution in [2.24, 2.45) is 0 Å². The molecule has 1 N–H and O–H groups in total. The summed E-state index contributed by atoms with van der Waals surface area (Å²) in [6.45, 7) is 4.39. The van der Waals surface area contributed by atoms with E-state index in [9.17, 15) is 14.4 Å². The molecule has 0 bridgehead atoms. The molecule has 0 unspecified atom stereocenters. The van der Waals surface area contributed by atoms with Gasteiger partial charge in [-0.3, -0.25) is 4.79 Å². The lowest BCUT2D eigenvalue weighted by Crippen LogP contribution is -2.13. The van der Waals surface area contributed by atoms with E-state index in [1.54, 1.807) is 36.4 Å². The van der Waals surface area contributed by atoms with Crippen molar-refractivity contribution < 1.29 is 18.7 Å². The maximum atomic E-state index is 13.1. The zero-order valence-electron chi connectivity index (χ0n) is 18.9. The van der Waals surface area contributed by atoms with Gasteiger partial charge in [-0.15, -0.1) is 0 Å². The molecule has 3 aromatic carbocycles. The molecule has 0 radical (unpaired) electrons. The van der Waals surface area contributed by atoms with Gasteiger partial charge in [0.25, 0.3) is 5.91 Å². The molecule has 1 amide bonds. The molecule has 7 heteroatoms. The molecule has 0 spiro atoms. The summed E-state index contributed by atoms with van der Waals surface area (Å²) in [5.41, 5.74) is 2.93. The van der Waals surface area contributed by atoms with E-state index in [1.807, 2.05) is 32.0 Å². The Morgan fingerprint density at radius 3 is 2.35 bits per heavy atom. The van der Waals surface area contributed by atoms with Crippen molar-refractivity contribution in [3.63, 3.8) is 0 Å². The SMILES string of the molecule is CCOc1cc(/C=C(\C#N)C(=O)Nc2ccc(CC)cc2)cc(Cl)c1OCc1ccc(F)cc1. The number of anilines is 1. The zero-order valence-corrected chi connectivity index (χ0v) is 19.7. The first kappa shape index (κ1) is 24.8. The third kappa shape index (κ3) is 6.60. The molecular weight excluding hydrogens is 455 g/mol. The van der Waals surface area contributed by atoms with E-state index in [-0.39, 0.29) is 23.0 Å². The van der Waals surface area contributed by atoms with Crippen molar-refractivity contribution in [1.82, 2.24) is 0 Å². The maximum absolute atomic E-state index is 13.1. The first-order chi connectivity index (χ1) is 16.4. The molecule has 0 heterocycles. The van der Waals surface area contributed by atoms with Crippen LogP contribution in [0.3, 0.4) is 0 Å². The maximum Gasteiger partial charge on any atom is 0.266 e. The molecule has 0 aliphatic rings. The number of ether oxygens (including phenoxy) is 2. The van der Waals surface area contributed by atoms with Gasteiger partial charge in [0.05, 0.1) is 11.6 Å². The van der Waals surface area contributed by atoms with Crippen molar-refractivity contribution >= 4 is 29.3 Å². The Morgan fingerprint density at radius 2 is 1.74 bits per heavy atom. The average molecular weight is 479 g/mol. The number of nitriles is 1. The largest absolute Gasteiger partial charge is 0.490 e. The molecule has 3 rings (SSSR count). The fourth-order valence-corrected chi connectivity index (χ4v) is 3.42. The summed E-state index contributed by atoms with van der Waals surface area (Å²) in [5.74, 6) is -0.166. The summed E-state index contributed by atoms with van der Waals surface area (Å²) in [6.07, 6.45) is 2.33. The highest BCUT2D eigenvalue weighted by atomic mass is 35.5. The van der Waals surface area contributed by atoms with Crippen molar-refractivity contribution in [1.29, 1.82) is 5.26 Å². The number of nitrogens with one attached hydrogen (secondary N) is 1. The van der Waals surface area contributed by atoms with E-state index in [0.29, 0.717) is 29.4 Å². The zero-order chi connectivity index (χ0) is 24.5. The molecular formula is C27H24ClFN2O3. The Hall–Kier alpha value is -3.82. The van der Waals surface area contributed by atoms with Crippen molar-refractivity contribution in [3.8, 4) is 17.6 Å². The second-order valence-electron chi connectivity index (χ2n) is 7.35. The summed E-state index contributed by atoms with van der Waals surface area (Å²) in [6, 6.07) is 18.5. The average Bonchev–Trinajstić information content (AvgIpc) is 2.83. The summed E-state index contributed by atoms with van der Waals surface area (Å²) in [5, 5.41) is 12.5. The third-order valence-corrected chi connectivity index (χ3v) is 5.21. The monoisotopic (exact) mass is 478 g/mol. The Morgan fingerprint density at radius 1 is 1.06 bits per heavy atom. The lowest BCUT2D eigenvalue weighted by molar-refractivity contribution is -0.112. The minimum atomic E-state index is -0.530. The van der Waals surface area contributed by atoms with Gasteiger partial charge in [-0.25, -0.2) is 4.39 Å². The number of hydrogen-bond donors (Lipinski definition) is 1. The van der Waals surface area contributed by atoms with Gasteiger partial charge in [0.1, 0.15) is 24.1 Å². The number of rotatable bonds is 9. The predicted octanol–water partition coefficient (Wildman–Crippen LogP) is 6.56.